The number of carbonyl (C=O) groups is 1. The number of aromatic nitrogens is 1. The molecule has 0 amide bonds. The van der Waals surface area contributed by atoms with Crippen LogP contribution in [0.5, 0.6) is 0 Å². The minimum atomic E-state index is -0.915. The molecule has 112 valence electrons. The van der Waals surface area contributed by atoms with Gasteiger partial charge in [-0.3, -0.25) is 4.79 Å². The number of nitrogens with zero attached hydrogens (tertiary/aromatic N) is 2. The maximum absolute atomic E-state index is 11.2. The normalized spacial score (nSPS) is 11.7. The Morgan fingerprint density at radius 2 is 2.14 bits per heavy atom. The number of hydrogen-bond donors (Lipinski definition) is 1. The molecule has 1 aromatic carbocycles. The van der Waals surface area contributed by atoms with Crippen LogP contribution < -0.4 is 0 Å². The highest BCUT2D eigenvalue weighted by Gasteiger charge is 2.20. The van der Waals surface area contributed by atoms with Crippen molar-refractivity contribution in [2.75, 3.05) is 0 Å². The van der Waals surface area contributed by atoms with Gasteiger partial charge < -0.3 is 5.11 Å². The first-order chi connectivity index (χ1) is 10.6. The molecule has 2 aromatic rings. The molecule has 0 spiro atoms. The van der Waals surface area contributed by atoms with Crippen LogP contribution in [0.1, 0.15) is 18.9 Å². The van der Waals surface area contributed by atoms with Crippen LogP contribution in [0, 0.1) is 11.3 Å². The van der Waals surface area contributed by atoms with Crippen molar-refractivity contribution in [3.8, 4) is 17.3 Å². The number of halogens is 1. The quantitative estimate of drug-likeness (QED) is 0.829. The van der Waals surface area contributed by atoms with E-state index < -0.39 is 11.2 Å². The van der Waals surface area contributed by atoms with Crippen molar-refractivity contribution in [2.45, 2.75) is 23.6 Å². The molecule has 1 atom stereocenters. The topological polar surface area (TPSA) is 74.0 Å². The second kappa shape index (κ2) is 7.30. The van der Waals surface area contributed by atoms with E-state index in [2.05, 4.69) is 4.98 Å². The predicted octanol–water partition coefficient (Wildman–Crippen LogP) is 4.23. The fourth-order valence-corrected chi connectivity index (χ4v) is 3.04. The van der Waals surface area contributed by atoms with Gasteiger partial charge in [0, 0.05) is 10.6 Å². The number of carboxylic acids is 1. The highest BCUT2D eigenvalue weighted by Crippen LogP contribution is 2.32. The van der Waals surface area contributed by atoms with E-state index in [9.17, 15) is 15.2 Å². The molecule has 1 heterocycles. The van der Waals surface area contributed by atoms with Gasteiger partial charge in [0.05, 0.1) is 11.3 Å². The monoisotopic (exact) mass is 332 g/mol. The Bertz CT molecular complexity index is 743. The lowest BCUT2D eigenvalue weighted by atomic mass is 10.1. The Morgan fingerprint density at radius 3 is 2.73 bits per heavy atom. The summed E-state index contributed by atoms with van der Waals surface area (Å²) in [5.74, 6) is -0.915. The third-order valence-corrected chi connectivity index (χ3v) is 4.71. The lowest BCUT2D eigenvalue weighted by Gasteiger charge is -2.11. The highest BCUT2D eigenvalue weighted by molar-refractivity contribution is 8.00. The molecule has 0 saturated carbocycles. The van der Waals surface area contributed by atoms with Crippen LogP contribution in [0.25, 0.3) is 11.3 Å². The summed E-state index contributed by atoms with van der Waals surface area (Å²) in [4.78, 5) is 15.6. The molecule has 1 N–H and O–H groups in total. The number of hydrogen-bond acceptors (Lipinski definition) is 4. The zero-order valence-electron chi connectivity index (χ0n) is 11.8. The van der Waals surface area contributed by atoms with Gasteiger partial charge in [0.25, 0.3) is 0 Å². The highest BCUT2D eigenvalue weighted by atomic mass is 35.5. The summed E-state index contributed by atoms with van der Waals surface area (Å²) >= 11 is 7.25. The summed E-state index contributed by atoms with van der Waals surface area (Å²) in [5, 5.41) is 18.7. The Balaban J connectivity index is 2.45. The molecule has 4 nitrogen and oxygen atoms in total. The SMILES string of the molecule is CCC(Sc1nc(-c2ccccc2Cl)ccc1C#N)C(=O)O. The third kappa shape index (κ3) is 3.59. The standard InChI is InChI=1S/C16H13ClN2O2S/c1-2-14(16(20)21)22-15-10(9-18)7-8-13(19-15)11-5-3-4-6-12(11)17/h3-8,14H,2H2,1H3,(H,20,21). The molecule has 22 heavy (non-hydrogen) atoms. The van der Waals surface area contributed by atoms with Crippen LogP contribution >= 0.6 is 23.4 Å². The van der Waals surface area contributed by atoms with E-state index in [1.165, 1.54) is 0 Å². The fraction of sp³-hybridized carbons (Fsp3) is 0.188. The van der Waals surface area contributed by atoms with Gasteiger partial charge in [-0.2, -0.15) is 5.26 Å². The van der Waals surface area contributed by atoms with Crippen LogP contribution in [-0.4, -0.2) is 21.3 Å². The number of pyridine rings is 1. The maximum atomic E-state index is 11.2. The summed E-state index contributed by atoms with van der Waals surface area (Å²) in [6.45, 7) is 1.79. The van der Waals surface area contributed by atoms with Gasteiger partial charge in [0.2, 0.25) is 0 Å². The van der Waals surface area contributed by atoms with Gasteiger partial charge in [-0.1, -0.05) is 48.5 Å². The molecule has 0 bridgehead atoms. The van der Waals surface area contributed by atoms with E-state index in [-0.39, 0.29) is 0 Å². The Labute approximate surface area is 137 Å². The number of aliphatic carboxylic acids is 1. The van der Waals surface area contributed by atoms with Crippen molar-refractivity contribution in [1.29, 1.82) is 5.26 Å². The van der Waals surface area contributed by atoms with Crippen molar-refractivity contribution in [3.05, 3.63) is 47.0 Å². The first-order valence-corrected chi connectivity index (χ1v) is 7.88. The average molecular weight is 333 g/mol. The van der Waals surface area contributed by atoms with Crippen LogP contribution in [0.2, 0.25) is 5.02 Å². The van der Waals surface area contributed by atoms with Crippen molar-refractivity contribution >= 4 is 29.3 Å². The second-order valence-electron chi connectivity index (χ2n) is 4.49. The van der Waals surface area contributed by atoms with Crippen LogP contribution in [-0.2, 0) is 4.79 Å². The molecule has 0 aliphatic rings. The van der Waals surface area contributed by atoms with Crippen molar-refractivity contribution < 1.29 is 9.90 Å². The van der Waals surface area contributed by atoms with Gasteiger partial charge >= 0.3 is 5.97 Å². The first-order valence-electron chi connectivity index (χ1n) is 6.62. The van der Waals surface area contributed by atoms with Gasteiger partial charge in [0.15, 0.2) is 0 Å². The lowest BCUT2D eigenvalue weighted by Crippen LogP contribution is -2.15. The lowest BCUT2D eigenvalue weighted by molar-refractivity contribution is -0.136. The summed E-state index contributed by atoms with van der Waals surface area (Å²) in [5.41, 5.74) is 1.73. The Kier molecular flexibility index (Phi) is 5.42. The number of carboxylic acid groups (broad SMARTS) is 1. The maximum Gasteiger partial charge on any atom is 0.317 e. The first kappa shape index (κ1) is 16.3. The number of rotatable bonds is 5. The summed E-state index contributed by atoms with van der Waals surface area (Å²) < 4.78 is 0. The summed E-state index contributed by atoms with van der Waals surface area (Å²) in [6, 6.07) is 12.7. The van der Waals surface area contributed by atoms with Crippen LogP contribution in [0.3, 0.4) is 0 Å². The minimum Gasteiger partial charge on any atom is -0.480 e. The molecule has 0 aliphatic heterocycles. The Hall–Kier alpha value is -2.03. The van der Waals surface area contributed by atoms with E-state index >= 15 is 0 Å². The molecule has 0 fully saturated rings. The van der Waals surface area contributed by atoms with Gasteiger partial charge in [0.1, 0.15) is 16.3 Å². The fourth-order valence-electron chi connectivity index (χ4n) is 1.88. The molecule has 2 rings (SSSR count). The predicted molar refractivity (Wildman–Crippen MR) is 87.0 cm³/mol. The molecule has 1 aromatic heterocycles. The smallest absolute Gasteiger partial charge is 0.317 e. The number of nitriles is 1. The van der Waals surface area contributed by atoms with E-state index in [0.717, 1.165) is 17.3 Å². The number of thioether (sulfide) groups is 1. The third-order valence-electron chi connectivity index (χ3n) is 3.03. The van der Waals surface area contributed by atoms with Crippen LogP contribution in [0.4, 0.5) is 0 Å². The zero-order chi connectivity index (χ0) is 16.1. The van der Waals surface area contributed by atoms with Crippen LogP contribution in [0.15, 0.2) is 41.4 Å². The number of benzene rings is 1. The zero-order valence-corrected chi connectivity index (χ0v) is 13.4. The van der Waals surface area contributed by atoms with E-state index in [1.807, 2.05) is 24.3 Å². The van der Waals surface area contributed by atoms with Crippen molar-refractivity contribution in [3.63, 3.8) is 0 Å². The van der Waals surface area contributed by atoms with Gasteiger partial charge in [-0.15, -0.1) is 0 Å². The van der Waals surface area contributed by atoms with E-state index in [1.54, 1.807) is 25.1 Å². The van der Waals surface area contributed by atoms with Gasteiger partial charge in [-0.05, 0) is 24.6 Å². The largest absolute Gasteiger partial charge is 0.480 e. The molecular formula is C16H13ClN2O2S. The molecule has 6 heteroatoms. The van der Waals surface area contributed by atoms with E-state index in [4.69, 9.17) is 11.6 Å². The molecule has 0 radical (unpaired) electrons. The summed E-state index contributed by atoms with van der Waals surface area (Å²) in [6.07, 6.45) is 0.447. The van der Waals surface area contributed by atoms with Gasteiger partial charge in [-0.25, -0.2) is 4.98 Å². The second-order valence-corrected chi connectivity index (χ2v) is 6.09. The van der Waals surface area contributed by atoms with Crippen molar-refractivity contribution in [1.82, 2.24) is 4.98 Å². The molecular weight excluding hydrogens is 320 g/mol. The van der Waals surface area contributed by atoms with Crippen molar-refractivity contribution in [2.24, 2.45) is 0 Å². The van der Waals surface area contributed by atoms with E-state index in [0.29, 0.717) is 27.7 Å². The molecule has 1 unspecified atom stereocenters. The molecule has 0 aliphatic carbocycles. The summed E-state index contributed by atoms with van der Waals surface area (Å²) in [7, 11) is 0. The molecule has 0 saturated heterocycles. The Morgan fingerprint density at radius 1 is 1.41 bits per heavy atom. The average Bonchev–Trinajstić information content (AvgIpc) is 2.52. The minimum absolute atomic E-state index is 0.362.